The molecule has 18 heavy (non-hydrogen) atoms. The molecule has 1 aliphatic rings. The summed E-state index contributed by atoms with van der Waals surface area (Å²) in [6.45, 7) is 5.47. The van der Waals surface area contributed by atoms with E-state index in [1.807, 2.05) is 0 Å². The van der Waals surface area contributed by atoms with E-state index in [1.54, 1.807) is 5.56 Å². The number of nitrogens with one attached hydrogen (secondary N) is 1. The first kappa shape index (κ1) is 13.6. The van der Waals surface area contributed by atoms with E-state index in [0.29, 0.717) is 6.04 Å². The summed E-state index contributed by atoms with van der Waals surface area (Å²) < 4.78 is 0. The maximum atomic E-state index is 3.55. The largest absolute Gasteiger partial charge is 0.310 e. The number of benzene rings is 1. The predicted octanol–water partition coefficient (Wildman–Crippen LogP) is 4.62. The van der Waals surface area contributed by atoms with E-state index in [9.17, 15) is 0 Å². The Hall–Kier alpha value is -0.820. The van der Waals surface area contributed by atoms with Gasteiger partial charge in [-0.05, 0) is 43.2 Å². The molecule has 0 aliphatic heterocycles. The van der Waals surface area contributed by atoms with Crippen LogP contribution in [0, 0.1) is 0 Å². The zero-order valence-corrected chi connectivity index (χ0v) is 11.9. The van der Waals surface area contributed by atoms with Gasteiger partial charge in [-0.15, -0.1) is 0 Å². The van der Waals surface area contributed by atoms with E-state index in [-0.39, 0.29) is 0 Å². The first-order chi connectivity index (χ1) is 8.79. The molecule has 1 aromatic rings. The van der Waals surface area contributed by atoms with Crippen LogP contribution >= 0.6 is 0 Å². The van der Waals surface area contributed by atoms with Gasteiger partial charge in [0.15, 0.2) is 0 Å². The molecular weight excluding hydrogens is 218 g/mol. The Bertz CT molecular complexity index is 335. The Morgan fingerprint density at radius 3 is 2.39 bits per heavy atom. The van der Waals surface area contributed by atoms with Crippen LogP contribution < -0.4 is 5.32 Å². The Balaban J connectivity index is 1.88. The monoisotopic (exact) mass is 245 g/mol. The smallest absolute Gasteiger partial charge is 0.0207 e. The van der Waals surface area contributed by atoms with Crippen LogP contribution in [0.4, 0.5) is 0 Å². The minimum absolute atomic E-state index is 0.614. The fraction of sp³-hybridized carbons (Fsp3) is 0.647. The van der Waals surface area contributed by atoms with Crippen molar-refractivity contribution in [2.75, 3.05) is 0 Å². The highest BCUT2D eigenvalue weighted by Gasteiger charge is 2.14. The summed E-state index contributed by atoms with van der Waals surface area (Å²) in [5.74, 6) is 0.829. The lowest BCUT2D eigenvalue weighted by Gasteiger charge is -2.22. The Morgan fingerprint density at radius 2 is 1.78 bits per heavy atom. The quantitative estimate of drug-likeness (QED) is 0.798. The van der Waals surface area contributed by atoms with Crippen molar-refractivity contribution < 1.29 is 0 Å². The van der Waals surface area contributed by atoms with Gasteiger partial charge in [0.25, 0.3) is 0 Å². The van der Waals surface area contributed by atoms with E-state index >= 15 is 0 Å². The molecule has 1 aliphatic carbocycles. The van der Waals surface area contributed by atoms with E-state index in [1.165, 1.54) is 44.1 Å². The van der Waals surface area contributed by atoms with Crippen LogP contribution in [0.15, 0.2) is 24.3 Å². The summed E-state index contributed by atoms with van der Waals surface area (Å²) in [6.07, 6.45) is 8.26. The molecule has 1 atom stereocenters. The van der Waals surface area contributed by atoms with Crippen molar-refractivity contribution in [2.24, 2.45) is 0 Å². The van der Waals surface area contributed by atoms with Gasteiger partial charge >= 0.3 is 0 Å². The van der Waals surface area contributed by atoms with E-state index in [2.05, 4.69) is 43.4 Å². The summed E-state index contributed by atoms with van der Waals surface area (Å²) in [5, 5.41) is 3.55. The van der Waals surface area contributed by atoms with Crippen molar-refractivity contribution in [2.45, 2.75) is 70.9 Å². The number of hydrogen-bond acceptors (Lipinski definition) is 1. The van der Waals surface area contributed by atoms with Crippen molar-refractivity contribution in [1.82, 2.24) is 5.32 Å². The van der Waals surface area contributed by atoms with E-state index in [0.717, 1.165) is 12.5 Å². The normalized spacial score (nSPS) is 18.8. The van der Waals surface area contributed by atoms with Gasteiger partial charge in [0.05, 0.1) is 0 Å². The van der Waals surface area contributed by atoms with E-state index < -0.39 is 0 Å². The summed E-state index contributed by atoms with van der Waals surface area (Å²) >= 11 is 0. The van der Waals surface area contributed by atoms with Crippen LogP contribution in [0.3, 0.4) is 0 Å². The van der Waals surface area contributed by atoms with Gasteiger partial charge in [-0.3, -0.25) is 0 Å². The molecule has 0 radical (unpaired) electrons. The molecule has 100 valence electrons. The molecule has 1 unspecified atom stereocenters. The van der Waals surface area contributed by atoms with Crippen LogP contribution in [0.1, 0.15) is 69.4 Å². The Morgan fingerprint density at radius 1 is 1.11 bits per heavy atom. The summed E-state index contributed by atoms with van der Waals surface area (Å²) in [5.41, 5.74) is 2.97. The van der Waals surface area contributed by atoms with E-state index in [4.69, 9.17) is 0 Å². The molecule has 0 amide bonds. The molecule has 1 fully saturated rings. The first-order valence-corrected chi connectivity index (χ1v) is 7.62. The van der Waals surface area contributed by atoms with Crippen LogP contribution in [0.2, 0.25) is 0 Å². The molecule has 1 heteroatoms. The van der Waals surface area contributed by atoms with Gasteiger partial charge in [0.1, 0.15) is 0 Å². The molecule has 0 bridgehead atoms. The minimum Gasteiger partial charge on any atom is -0.310 e. The van der Waals surface area contributed by atoms with Gasteiger partial charge in [-0.25, -0.2) is 0 Å². The average molecular weight is 245 g/mol. The SMILES string of the molecule is CCC(C)NCc1ccc(C2CCCCC2)cc1. The van der Waals surface area contributed by atoms with Crippen LogP contribution in [-0.4, -0.2) is 6.04 Å². The fourth-order valence-electron chi connectivity index (χ4n) is 2.78. The highest BCUT2D eigenvalue weighted by atomic mass is 14.9. The zero-order valence-electron chi connectivity index (χ0n) is 11.9. The third-order valence-electron chi connectivity index (χ3n) is 4.32. The second kappa shape index (κ2) is 6.94. The summed E-state index contributed by atoms with van der Waals surface area (Å²) in [6, 6.07) is 9.93. The Labute approximate surface area is 112 Å². The lowest BCUT2D eigenvalue weighted by molar-refractivity contribution is 0.443. The molecule has 0 heterocycles. The van der Waals surface area contributed by atoms with Gasteiger partial charge in [0.2, 0.25) is 0 Å². The lowest BCUT2D eigenvalue weighted by Crippen LogP contribution is -2.24. The molecule has 0 saturated heterocycles. The van der Waals surface area contributed by atoms with Gasteiger partial charge < -0.3 is 5.32 Å². The number of hydrogen-bond donors (Lipinski definition) is 1. The molecule has 1 nitrogen and oxygen atoms in total. The molecule has 0 spiro atoms. The second-order valence-electron chi connectivity index (χ2n) is 5.77. The van der Waals surface area contributed by atoms with Gasteiger partial charge in [-0.2, -0.15) is 0 Å². The minimum atomic E-state index is 0.614. The molecule has 1 aromatic carbocycles. The second-order valence-corrected chi connectivity index (χ2v) is 5.77. The van der Waals surface area contributed by atoms with Gasteiger partial charge in [-0.1, -0.05) is 50.5 Å². The summed E-state index contributed by atoms with van der Waals surface area (Å²) in [7, 11) is 0. The van der Waals surface area contributed by atoms with Crippen molar-refractivity contribution in [1.29, 1.82) is 0 Å². The van der Waals surface area contributed by atoms with Crippen LogP contribution in [0.25, 0.3) is 0 Å². The molecule has 2 rings (SSSR count). The molecular formula is C17H27N. The van der Waals surface area contributed by atoms with Crippen LogP contribution in [0.5, 0.6) is 0 Å². The van der Waals surface area contributed by atoms with Gasteiger partial charge in [0, 0.05) is 12.6 Å². The fourth-order valence-corrected chi connectivity index (χ4v) is 2.78. The third-order valence-corrected chi connectivity index (χ3v) is 4.32. The molecule has 1 N–H and O–H groups in total. The highest BCUT2D eigenvalue weighted by Crippen LogP contribution is 2.32. The first-order valence-electron chi connectivity index (χ1n) is 7.62. The van der Waals surface area contributed by atoms with Crippen molar-refractivity contribution in [3.63, 3.8) is 0 Å². The van der Waals surface area contributed by atoms with Crippen molar-refractivity contribution >= 4 is 0 Å². The van der Waals surface area contributed by atoms with Crippen molar-refractivity contribution in [3.8, 4) is 0 Å². The maximum Gasteiger partial charge on any atom is 0.0207 e. The predicted molar refractivity (Wildman–Crippen MR) is 78.9 cm³/mol. The van der Waals surface area contributed by atoms with Crippen molar-refractivity contribution in [3.05, 3.63) is 35.4 Å². The standard InChI is InChI=1S/C17H27N/c1-3-14(2)18-13-15-9-11-17(12-10-15)16-7-5-4-6-8-16/h9-12,14,16,18H,3-8,13H2,1-2H3. The van der Waals surface area contributed by atoms with Crippen LogP contribution in [-0.2, 0) is 6.54 Å². The summed E-state index contributed by atoms with van der Waals surface area (Å²) in [4.78, 5) is 0. The average Bonchev–Trinajstić information content (AvgIpc) is 2.46. The molecule has 1 saturated carbocycles. The zero-order chi connectivity index (χ0) is 12.8. The number of rotatable bonds is 5. The Kier molecular flexibility index (Phi) is 5.25. The highest BCUT2D eigenvalue weighted by molar-refractivity contribution is 5.25. The topological polar surface area (TPSA) is 12.0 Å². The molecule has 0 aromatic heterocycles. The maximum absolute atomic E-state index is 3.55. The lowest BCUT2D eigenvalue weighted by atomic mass is 9.84. The third kappa shape index (κ3) is 3.84.